The fourth-order valence-corrected chi connectivity index (χ4v) is 1.12. The summed E-state index contributed by atoms with van der Waals surface area (Å²) in [7, 11) is 0. The molecule has 1 rings (SSSR count). The average molecular weight is 192 g/mol. The van der Waals surface area contributed by atoms with Crippen LogP contribution < -0.4 is 4.74 Å². The quantitative estimate of drug-likeness (QED) is 0.794. The molecule has 0 saturated heterocycles. The minimum Gasteiger partial charge on any atom is -0.491 e. The van der Waals surface area contributed by atoms with Crippen LogP contribution in [-0.2, 0) is 0 Å². The van der Waals surface area contributed by atoms with Crippen molar-refractivity contribution in [1.82, 2.24) is 0 Å². The highest BCUT2D eigenvalue weighted by Gasteiger charge is 1.95. The van der Waals surface area contributed by atoms with Gasteiger partial charge in [0.15, 0.2) is 0 Å². The van der Waals surface area contributed by atoms with Crippen molar-refractivity contribution in [2.24, 2.45) is 0 Å². The van der Waals surface area contributed by atoms with E-state index < -0.39 is 0 Å². The molecule has 76 valence electrons. The average Bonchev–Trinajstić information content (AvgIpc) is 2.16. The standard InChI is InChI=1S/C12H16O2/c1-10(2)14-12-7-5-11(6-8-12)4-3-9-13/h3-8,10,13H,9H2,1-2H3/b4-3+. The number of aliphatic hydroxyl groups is 1. The summed E-state index contributed by atoms with van der Waals surface area (Å²) < 4.78 is 5.50. The molecule has 0 heterocycles. The van der Waals surface area contributed by atoms with Gasteiger partial charge in [-0.15, -0.1) is 0 Å². The Balaban J connectivity index is 2.64. The van der Waals surface area contributed by atoms with Crippen LogP contribution in [0.25, 0.3) is 6.08 Å². The molecule has 2 heteroatoms. The molecule has 14 heavy (non-hydrogen) atoms. The van der Waals surface area contributed by atoms with Crippen LogP contribution in [0.2, 0.25) is 0 Å². The van der Waals surface area contributed by atoms with Crippen molar-refractivity contribution in [3.63, 3.8) is 0 Å². The van der Waals surface area contributed by atoms with E-state index in [1.165, 1.54) is 0 Å². The van der Waals surface area contributed by atoms with Gasteiger partial charge < -0.3 is 9.84 Å². The summed E-state index contributed by atoms with van der Waals surface area (Å²) >= 11 is 0. The molecule has 0 amide bonds. The molecule has 2 nitrogen and oxygen atoms in total. The van der Waals surface area contributed by atoms with Crippen LogP contribution in [0.4, 0.5) is 0 Å². The molecule has 1 aromatic rings. The Morgan fingerprint density at radius 1 is 1.29 bits per heavy atom. The van der Waals surface area contributed by atoms with E-state index in [-0.39, 0.29) is 12.7 Å². The molecule has 0 bridgehead atoms. The van der Waals surface area contributed by atoms with Crippen LogP contribution in [0.5, 0.6) is 5.75 Å². The van der Waals surface area contributed by atoms with Crippen molar-refractivity contribution in [3.8, 4) is 5.75 Å². The van der Waals surface area contributed by atoms with E-state index in [0.717, 1.165) is 11.3 Å². The third-order valence-electron chi connectivity index (χ3n) is 1.67. The van der Waals surface area contributed by atoms with Gasteiger partial charge in [0.1, 0.15) is 5.75 Å². The van der Waals surface area contributed by atoms with Crippen LogP contribution in [-0.4, -0.2) is 17.8 Å². The van der Waals surface area contributed by atoms with Crippen molar-refractivity contribution >= 4 is 6.08 Å². The second kappa shape index (κ2) is 5.45. The van der Waals surface area contributed by atoms with E-state index in [9.17, 15) is 0 Å². The zero-order valence-corrected chi connectivity index (χ0v) is 8.60. The van der Waals surface area contributed by atoms with Gasteiger partial charge >= 0.3 is 0 Å². The Kier molecular flexibility index (Phi) is 4.20. The number of ether oxygens (including phenoxy) is 1. The van der Waals surface area contributed by atoms with Gasteiger partial charge in [0.2, 0.25) is 0 Å². The van der Waals surface area contributed by atoms with Gasteiger partial charge in [-0.3, -0.25) is 0 Å². The van der Waals surface area contributed by atoms with Crippen molar-refractivity contribution in [2.75, 3.05) is 6.61 Å². The Bertz CT molecular complexity index is 286. The monoisotopic (exact) mass is 192 g/mol. The highest BCUT2D eigenvalue weighted by Crippen LogP contribution is 2.14. The third kappa shape index (κ3) is 3.62. The summed E-state index contributed by atoms with van der Waals surface area (Å²) in [4.78, 5) is 0. The van der Waals surface area contributed by atoms with Crippen molar-refractivity contribution in [2.45, 2.75) is 20.0 Å². The van der Waals surface area contributed by atoms with Gasteiger partial charge in [-0.05, 0) is 31.5 Å². The van der Waals surface area contributed by atoms with Gasteiger partial charge in [-0.25, -0.2) is 0 Å². The molecular weight excluding hydrogens is 176 g/mol. The summed E-state index contributed by atoms with van der Waals surface area (Å²) in [5.74, 6) is 0.876. The second-order valence-electron chi connectivity index (χ2n) is 3.32. The van der Waals surface area contributed by atoms with Crippen molar-refractivity contribution in [1.29, 1.82) is 0 Å². The van der Waals surface area contributed by atoms with Gasteiger partial charge in [-0.1, -0.05) is 24.3 Å². The molecule has 1 aromatic carbocycles. The Labute approximate surface area is 84.8 Å². The predicted molar refractivity (Wildman–Crippen MR) is 58.3 cm³/mol. The smallest absolute Gasteiger partial charge is 0.119 e. The number of rotatable bonds is 4. The van der Waals surface area contributed by atoms with Gasteiger partial charge in [0.25, 0.3) is 0 Å². The molecule has 0 unspecified atom stereocenters. The highest BCUT2D eigenvalue weighted by atomic mass is 16.5. The third-order valence-corrected chi connectivity index (χ3v) is 1.67. The van der Waals surface area contributed by atoms with Crippen LogP contribution in [0.1, 0.15) is 19.4 Å². The summed E-state index contributed by atoms with van der Waals surface area (Å²) in [6.07, 6.45) is 3.78. The molecule has 0 radical (unpaired) electrons. The maximum Gasteiger partial charge on any atom is 0.119 e. The fraction of sp³-hybridized carbons (Fsp3) is 0.333. The maximum atomic E-state index is 8.59. The first-order valence-corrected chi connectivity index (χ1v) is 4.76. The first kappa shape index (κ1) is 10.8. The number of hydrogen-bond acceptors (Lipinski definition) is 2. The van der Waals surface area contributed by atoms with E-state index in [1.807, 2.05) is 44.2 Å². The lowest BCUT2D eigenvalue weighted by Gasteiger charge is -2.09. The molecule has 0 aliphatic carbocycles. The van der Waals surface area contributed by atoms with E-state index in [2.05, 4.69) is 0 Å². The second-order valence-corrected chi connectivity index (χ2v) is 3.32. The summed E-state index contributed by atoms with van der Waals surface area (Å²) in [6.45, 7) is 4.07. The molecule has 1 N–H and O–H groups in total. The Morgan fingerprint density at radius 2 is 1.93 bits per heavy atom. The lowest BCUT2D eigenvalue weighted by atomic mass is 10.2. The lowest BCUT2D eigenvalue weighted by molar-refractivity contribution is 0.242. The normalized spacial score (nSPS) is 11.1. The van der Waals surface area contributed by atoms with Gasteiger partial charge in [-0.2, -0.15) is 0 Å². The molecule has 0 aliphatic heterocycles. The van der Waals surface area contributed by atoms with Crippen molar-refractivity contribution < 1.29 is 9.84 Å². The van der Waals surface area contributed by atoms with Gasteiger partial charge in [0, 0.05) is 0 Å². The van der Waals surface area contributed by atoms with E-state index in [1.54, 1.807) is 6.08 Å². The largest absolute Gasteiger partial charge is 0.491 e. The van der Waals surface area contributed by atoms with Crippen LogP contribution >= 0.6 is 0 Å². The zero-order valence-electron chi connectivity index (χ0n) is 8.60. The molecular formula is C12H16O2. The number of hydrogen-bond donors (Lipinski definition) is 1. The minimum atomic E-state index is 0.0737. The van der Waals surface area contributed by atoms with Crippen LogP contribution in [0, 0.1) is 0 Å². The molecule has 0 fully saturated rings. The SMILES string of the molecule is CC(C)Oc1ccc(/C=C/CO)cc1. The molecule has 0 atom stereocenters. The molecule has 0 aromatic heterocycles. The lowest BCUT2D eigenvalue weighted by Crippen LogP contribution is -2.05. The topological polar surface area (TPSA) is 29.5 Å². The van der Waals surface area contributed by atoms with E-state index in [4.69, 9.17) is 9.84 Å². The fourth-order valence-electron chi connectivity index (χ4n) is 1.12. The Morgan fingerprint density at radius 3 is 2.43 bits per heavy atom. The zero-order chi connectivity index (χ0) is 10.4. The highest BCUT2D eigenvalue weighted by molar-refractivity contribution is 5.50. The first-order chi connectivity index (χ1) is 6.72. The first-order valence-electron chi connectivity index (χ1n) is 4.76. The van der Waals surface area contributed by atoms with Crippen LogP contribution in [0.15, 0.2) is 30.3 Å². The van der Waals surface area contributed by atoms with Crippen LogP contribution in [0.3, 0.4) is 0 Å². The van der Waals surface area contributed by atoms with Gasteiger partial charge in [0.05, 0.1) is 12.7 Å². The molecule has 0 spiro atoms. The maximum absolute atomic E-state index is 8.59. The minimum absolute atomic E-state index is 0.0737. The predicted octanol–water partition coefficient (Wildman–Crippen LogP) is 2.48. The summed E-state index contributed by atoms with van der Waals surface area (Å²) in [5.41, 5.74) is 1.06. The van der Waals surface area contributed by atoms with E-state index in [0.29, 0.717) is 0 Å². The number of benzene rings is 1. The van der Waals surface area contributed by atoms with E-state index >= 15 is 0 Å². The Hall–Kier alpha value is -1.28. The van der Waals surface area contributed by atoms with Crippen molar-refractivity contribution in [3.05, 3.63) is 35.9 Å². The molecule has 0 aliphatic rings. The molecule has 0 saturated carbocycles. The summed E-state index contributed by atoms with van der Waals surface area (Å²) in [6, 6.07) is 7.78. The summed E-state index contributed by atoms with van der Waals surface area (Å²) in [5, 5.41) is 8.59. The number of aliphatic hydroxyl groups excluding tert-OH is 1.